The first-order valence-corrected chi connectivity index (χ1v) is 9.48. The molecule has 150 valence electrons. The van der Waals surface area contributed by atoms with Crippen LogP contribution in [0.25, 0.3) is 0 Å². The fraction of sp³-hybridized carbons (Fsp3) is 0.364. The standard InChI is InChI=1S/C22H30N4O2/c1-16(20(23)18-9-5-4-6-10-18)21(27)25-15-17-8-7-11-19(14-17)22(28)24-12-13-26(2)3/h4-11,14,16,20H,12-13,15,23H2,1-3H3,(H,24,28)(H,25,27). The van der Waals surface area contributed by atoms with Crippen LogP contribution < -0.4 is 16.4 Å². The van der Waals surface area contributed by atoms with Gasteiger partial charge in [-0.1, -0.05) is 49.4 Å². The first kappa shape index (κ1) is 21.6. The van der Waals surface area contributed by atoms with Crippen molar-refractivity contribution in [2.75, 3.05) is 27.2 Å². The zero-order valence-corrected chi connectivity index (χ0v) is 16.8. The molecule has 6 nitrogen and oxygen atoms in total. The summed E-state index contributed by atoms with van der Waals surface area (Å²) in [4.78, 5) is 26.7. The number of benzene rings is 2. The molecule has 0 aromatic heterocycles. The molecule has 0 saturated carbocycles. The van der Waals surface area contributed by atoms with Crippen molar-refractivity contribution in [3.63, 3.8) is 0 Å². The minimum Gasteiger partial charge on any atom is -0.352 e. The molecule has 2 atom stereocenters. The van der Waals surface area contributed by atoms with Gasteiger partial charge < -0.3 is 21.3 Å². The van der Waals surface area contributed by atoms with E-state index in [0.717, 1.165) is 17.7 Å². The molecule has 2 unspecified atom stereocenters. The largest absolute Gasteiger partial charge is 0.352 e. The topological polar surface area (TPSA) is 87.5 Å². The van der Waals surface area contributed by atoms with E-state index in [1.54, 1.807) is 12.1 Å². The van der Waals surface area contributed by atoms with Crippen molar-refractivity contribution in [1.29, 1.82) is 0 Å². The highest BCUT2D eigenvalue weighted by Crippen LogP contribution is 2.19. The van der Waals surface area contributed by atoms with Gasteiger partial charge in [0.05, 0.1) is 5.92 Å². The Kier molecular flexibility index (Phi) is 8.17. The Morgan fingerprint density at radius 3 is 2.43 bits per heavy atom. The van der Waals surface area contributed by atoms with Gasteiger partial charge in [0.25, 0.3) is 5.91 Å². The monoisotopic (exact) mass is 382 g/mol. The zero-order chi connectivity index (χ0) is 20.5. The van der Waals surface area contributed by atoms with Gasteiger partial charge in [0.1, 0.15) is 0 Å². The molecular weight excluding hydrogens is 352 g/mol. The number of carbonyl (C=O) groups is 2. The predicted molar refractivity (Wildman–Crippen MR) is 112 cm³/mol. The highest BCUT2D eigenvalue weighted by molar-refractivity contribution is 5.94. The number of nitrogens with zero attached hydrogens (tertiary/aromatic N) is 1. The van der Waals surface area contributed by atoms with Gasteiger partial charge in [-0.3, -0.25) is 9.59 Å². The molecular formula is C22H30N4O2. The molecule has 0 aliphatic carbocycles. The van der Waals surface area contributed by atoms with E-state index in [4.69, 9.17) is 5.73 Å². The lowest BCUT2D eigenvalue weighted by Gasteiger charge is -2.20. The normalized spacial score (nSPS) is 13.0. The number of hydrogen-bond acceptors (Lipinski definition) is 4. The second kappa shape index (κ2) is 10.6. The van der Waals surface area contributed by atoms with Gasteiger partial charge in [0, 0.05) is 31.2 Å². The van der Waals surface area contributed by atoms with Gasteiger partial charge in [-0.25, -0.2) is 0 Å². The van der Waals surface area contributed by atoms with E-state index in [9.17, 15) is 9.59 Å². The minimum atomic E-state index is -0.366. The van der Waals surface area contributed by atoms with Crippen LogP contribution in [0.5, 0.6) is 0 Å². The summed E-state index contributed by atoms with van der Waals surface area (Å²) >= 11 is 0. The zero-order valence-electron chi connectivity index (χ0n) is 16.8. The smallest absolute Gasteiger partial charge is 0.251 e. The summed E-state index contributed by atoms with van der Waals surface area (Å²) in [5.41, 5.74) is 8.61. The van der Waals surface area contributed by atoms with Crippen molar-refractivity contribution in [2.24, 2.45) is 11.7 Å². The van der Waals surface area contributed by atoms with Crippen LogP contribution in [0.2, 0.25) is 0 Å². The summed E-state index contributed by atoms with van der Waals surface area (Å²) < 4.78 is 0. The Morgan fingerprint density at radius 1 is 1.04 bits per heavy atom. The number of amides is 2. The SMILES string of the molecule is CC(C(=O)NCc1cccc(C(=O)NCCN(C)C)c1)C(N)c1ccccc1. The number of rotatable bonds is 9. The lowest BCUT2D eigenvalue weighted by Crippen LogP contribution is -2.35. The maximum absolute atomic E-state index is 12.5. The van der Waals surface area contributed by atoms with Gasteiger partial charge >= 0.3 is 0 Å². The number of likely N-dealkylation sites (N-methyl/N-ethyl adjacent to an activating group) is 1. The maximum atomic E-state index is 12.5. The summed E-state index contributed by atoms with van der Waals surface area (Å²) in [6.45, 7) is 3.54. The van der Waals surface area contributed by atoms with Crippen LogP contribution in [0.3, 0.4) is 0 Å². The Morgan fingerprint density at radius 2 is 1.75 bits per heavy atom. The summed E-state index contributed by atoms with van der Waals surface area (Å²) in [7, 11) is 3.92. The molecule has 2 aromatic rings. The molecule has 0 radical (unpaired) electrons. The second-order valence-corrected chi connectivity index (χ2v) is 7.20. The van der Waals surface area contributed by atoms with Crippen LogP contribution in [0.4, 0.5) is 0 Å². The van der Waals surface area contributed by atoms with Crippen LogP contribution in [0.1, 0.15) is 34.5 Å². The Labute approximate surface area is 167 Å². The van der Waals surface area contributed by atoms with E-state index in [1.165, 1.54) is 0 Å². The molecule has 4 N–H and O–H groups in total. The molecule has 0 saturated heterocycles. The molecule has 0 bridgehead atoms. The maximum Gasteiger partial charge on any atom is 0.251 e. The quantitative estimate of drug-likeness (QED) is 0.618. The fourth-order valence-electron chi connectivity index (χ4n) is 2.79. The van der Waals surface area contributed by atoms with E-state index in [0.29, 0.717) is 18.7 Å². The van der Waals surface area contributed by atoms with E-state index < -0.39 is 0 Å². The van der Waals surface area contributed by atoms with E-state index in [-0.39, 0.29) is 23.8 Å². The van der Waals surface area contributed by atoms with Crippen LogP contribution in [-0.2, 0) is 11.3 Å². The summed E-state index contributed by atoms with van der Waals surface area (Å²) in [6, 6.07) is 16.5. The molecule has 28 heavy (non-hydrogen) atoms. The van der Waals surface area contributed by atoms with Crippen molar-refractivity contribution in [1.82, 2.24) is 15.5 Å². The van der Waals surface area contributed by atoms with Crippen molar-refractivity contribution in [3.05, 3.63) is 71.3 Å². The van der Waals surface area contributed by atoms with Crippen molar-refractivity contribution in [3.8, 4) is 0 Å². The number of carbonyl (C=O) groups excluding carboxylic acids is 2. The summed E-state index contributed by atoms with van der Waals surface area (Å²) in [5.74, 6) is -0.591. The molecule has 6 heteroatoms. The second-order valence-electron chi connectivity index (χ2n) is 7.20. The molecule has 0 spiro atoms. The molecule has 2 amide bonds. The Hall–Kier alpha value is -2.70. The highest BCUT2D eigenvalue weighted by atomic mass is 16.2. The van der Waals surface area contributed by atoms with Crippen LogP contribution >= 0.6 is 0 Å². The summed E-state index contributed by atoms with van der Waals surface area (Å²) in [5, 5.41) is 5.81. The van der Waals surface area contributed by atoms with E-state index in [2.05, 4.69) is 10.6 Å². The van der Waals surface area contributed by atoms with Crippen molar-refractivity contribution < 1.29 is 9.59 Å². The van der Waals surface area contributed by atoms with E-state index in [1.807, 2.05) is 68.4 Å². The molecule has 0 heterocycles. The first-order valence-electron chi connectivity index (χ1n) is 9.48. The molecule has 0 aliphatic rings. The summed E-state index contributed by atoms with van der Waals surface area (Å²) in [6.07, 6.45) is 0. The van der Waals surface area contributed by atoms with Gasteiger partial charge in [-0.05, 0) is 37.4 Å². The first-order chi connectivity index (χ1) is 13.4. The molecule has 0 fully saturated rings. The Bertz CT molecular complexity index is 777. The Balaban J connectivity index is 1.89. The highest BCUT2D eigenvalue weighted by Gasteiger charge is 2.21. The van der Waals surface area contributed by atoms with Gasteiger partial charge in [0.2, 0.25) is 5.91 Å². The van der Waals surface area contributed by atoms with Gasteiger partial charge in [-0.2, -0.15) is 0 Å². The minimum absolute atomic E-state index is 0.114. The molecule has 2 rings (SSSR count). The third-order valence-electron chi connectivity index (χ3n) is 4.64. The van der Waals surface area contributed by atoms with E-state index >= 15 is 0 Å². The van der Waals surface area contributed by atoms with Crippen LogP contribution in [0.15, 0.2) is 54.6 Å². The lowest BCUT2D eigenvalue weighted by atomic mass is 9.94. The average Bonchev–Trinajstić information content (AvgIpc) is 2.71. The van der Waals surface area contributed by atoms with Crippen molar-refractivity contribution in [2.45, 2.75) is 19.5 Å². The number of nitrogens with one attached hydrogen (secondary N) is 2. The third-order valence-corrected chi connectivity index (χ3v) is 4.64. The van der Waals surface area contributed by atoms with Crippen molar-refractivity contribution >= 4 is 11.8 Å². The third kappa shape index (κ3) is 6.48. The van der Waals surface area contributed by atoms with Gasteiger partial charge in [0.15, 0.2) is 0 Å². The van der Waals surface area contributed by atoms with Crippen LogP contribution in [0, 0.1) is 5.92 Å². The fourth-order valence-corrected chi connectivity index (χ4v) is 2.79. The number of nitrogens with two attached hydrogens (primary N) is 1. The van der Waals surface area contributed by atoms with Crippen LogP contribution in [-0.4, -0.2) is 43.9 Å². The molecule has 0 aliphatic heterocycles. The molecule has 2 aromatic carbocycles. The van der Waals surface area contributed by atoms with Gasteiger partial charge in [-0.15, -0.1) is 0 Å². The number of hydrogen-bond donors (Lipinski definition) is 3. The predicted octanol–water partition coefficient (Wildman–Crippen LogP) is 1.93. The lowest BCUT2D eigenvalue weighted by molar-refractivity contribution is -0.125. The average molecular weight is 383 g/mol.